The molecule has 0 aliphatic carbocycles. The first kappa shape index (κ1) is 33.2. The van der Waals surface area contributed by atoms with Gasteiger partial charge in [-0.2, -0.15) is 0 Å². The number of esters is 5. The van der Waals surface area contributed by atoms with E-state index in [2.05, 4.69) is 6.08 Å². The van der Waals surface area contributed by atoms with Crippen LogP contribution in [0.25, 0.3) is 0 Å². The van der Waals surface area contributed by atoms with E-state index in [1.165, 1.54) is 46.4 Å². The fourth-order valence-corrected chi connectivity index (χ4v) is 4.71. The highest BCUT2D eigenvalue weighted by Gasteiger charge is 2.52. The fraction of sp³-hybridized carbons (Fsp3) is 0.654. The number of hydrogen-bond acceptors (Lipinski definition) is 12. The minimum absolute atomic E-state index is 0.239. The van der Waals surface area contributed by atoms with Gasteiger partial charge in [0.15, 0.2) is 18.3 Å². The van der Waals surface area contributed by atoms with Gasteiger partial charge in [-0.05, 0) is 32.8 Å². The molecule has 12 heteroatoms. The molecule has 11 nitrogen and oxygen atoms in total. The van der Waals surface area contributed by atoms with Crippen molar-refractivity contribution in [2.45, 2.75) is 91.2 Å². The van der Waals surface area contributed by atoms with Crippen molar-refractivity contribution in [3.05, 3.63) is 23.3 Å². The molecule has 0 aromatic carbocycles. The molecular formula is C26H38O11S. The zero-order chi connectivity index (χ0) is 28.8. The summed E-state index contributed by atoms with van der Waals surface area (Å²) in [6.07, 6.45) is 1.05. The second kappa shape index (κ2) is 16.9. The Bertz CT molecular complexity index is 911. The molecule has 0 saturated carbocycles. The number of carbonyl (C=O) groups excluding carboxylic acids is 5. The molecule has 1 fully saturated rings. The second-order valence-corrected chi connectivity index (χ2v) is 9.91. The van der Waals surface area contributed by atoms with E-state index in [1.807, 2.05) is 19.9 Å². The van der Waals surface area contributed by atoms with Crippen molar-refractivity contribution >= 4 is 41.6 Å². The third-order valence-corrected chi connectivity index (χ3v) is 6.50. The van der Waals surface area contributed by atoms with Crippen molar-refractivity contribution in [2.75, 3.05) is 19.0 Å². The Labute approximate surface area is 227 Å². The lowest BCUT2D eigenvalue weighted by Crippen LogP contribution is -2.61. The Kier molecular flexibility index (Phi) is 14.7. The summed E-state index contributed by atoms with van der Waals surface area (Å²) in [7, 11) is 0. The SMILES string of the molecule is CC(=O)OCC=C(C)CCC=C(C)CSC1OC(COC(C)=O)C(OC(C)=O)C(OC(C)=O)C1OC(C)=O. The Morgan fingerprint density at radius 2 is 1.24 bits per heavy atom. The minimum atomic E-state index is -1.18. The molecule has 1 aliphatic heterocycles. The molecular weight excluding hydrogens is 520 g/mol. The van der Waals surface area contributed by atoms with Crippen molar-refractivity contribution in [3.8, 4) is 0 Å². The molecule has 1 rings (SSSR count). The van der Waals surface area contributed by atoms with E-state index in [9.17, 15) is 24.0 Å². The molecule has 0 N–H and O–H groups in total. The fourth-order valence-electron chi connectivity index (χ4n) is 3.54. The molecule has 5 unspecified atom stereocenters. The predicted molar refractivity (Wildman–Crippen MR) is 138 cm³/mol. The average molecular weight is 559 g/mol. The van der Waals surface area contributed by atoms with E-state index in [1.54, 1.807) is 0 Å². The number of rotatable bonds is 13. The van der Waals surface area contributed by atoms with E-state index in [-0.39, 0.29) is 19.2 Å². The highest BCUT2D eigenvalue weighted by atomic mass is 32.2. The van der Waals surface area contributed by atoms with Crippen LogP contribution in [0.5, 0.6) is 0 Å². The first-order valence-corrected chi connectivity index (χ1v) is 13.2. The van der Waals surface area contributed by atoms with Crippen molar-refractivity contribution in [2.24, 2.45) is 0 Å². The van der Waals surface area contributed by atoms with Gasteiger partial charge >= 0.3 is 29.8 Å². The molecule has 0 radical (unpaired) electrons. The summed E-state index contributed by atoms with van der Waals surface area (Å²) in [5.41, 5.74) is 1.29. The summed E-state index contributed by atoms with van der Waals surface area (Å²) < 4.78 is 32.4. The van der Waals surface area contributed by atoms with Crippen LogP contribution in [0.3, 0.4) is 0 Å². The van der Waals surface area contributed by atoms with E-state index >= 15 is 0 Å². The Balaban J connectivity index is 3.04. The third-order valence-electron chi connectivity index (χ3n) is 5.17. The van der Waals surface area contributed by atoms with E-state index in [0.29, 0.717) is 5.75 Å². The van der Waals surface area contributed by atoms with Gasteiger partial charge in [0.2, 0.25) is 0 Å². The summed E-state index contributed by atoms with van der Waals surface area (Å²) in [5.74, 6) is -2.39. The van der Waals surface area contributed by atoms with Crippen molar-refractivity contribution in [1.82, 2.24) is 0 Å². The van der Waals surface area contributed by atoms with Crippen molar-refractivity contribution in [3.63, 3.8) is 0 Å². The number of allylic oxidation sites excluding steroid dienone is 2. The molecule has 1 aliphatic rings. The van der Waals surface area contributed by atoms with Gasteiger partial charge in [0.25, 0.3) is 0 Å². The third kappa shape index (κ3) is 13.1. The van der Waals surface area contributed by atoms with Crippen LogP contribution < -0.4 is 0 Å². The molecule has 0 aromatic rings. The van der Waals surface area contributed by atoms with Crippen LogP contribution in [-0.4, -0.2) is 78.7 Å². The van der Waals surface area contributed by atoms with Crippen LogP contribution in [0.4, 0.5) is 0 Å². The van der Waals surface area contributed by atoms with Gasteiger partial charge < -0.3 is 28.4 Å². The van der Waals surface area contributed by atoms with Crippen molar-refractivity contribution < 1.29 is 52.4 Å². The summed E-state index contributed by atoms with van der Waals surface area (Å²) in [5, 5.41) is 0. The van der Waals surface area contributed by atoms with Gasteiger partial charge in [-0.15, -0.1) is 11.8 Å². The summed E-state index contributed by atoms with van der Waals surface area (Å²) >= 11 is 1.31. The minimum Gasteiger partial charge on any atom is -0.463 e. The molecule has 0 spiro atoms. The monoisotopic (exact) mass is 558 g/mol. The average Bonchev–Trinajstić information content (AvgIpc) is 2.78. The maximum Gasteiger partial charge on any atom is 0.303 e. The predicted octanol–water partition coefficient (Wildman–Crippen LogP) is 3.04. The van der Waals surface area contributed by atoms with Gasteiger partial charge in [-0.3, -0.25) is 24.0 Å². The zero-order valence-electron chi connectivity index (χ0n) is 23.0. The smallest absolute Gasteiger partial charge is 0.303 e. The van der Waals surface area contributed by atoms with Gasteiger partial charge in [0.1, 0.15) is 24.8 Å². The summed E-state index contributed by atoms with van der Waals surface area (Å²) in [4.78, 5) is 58.0. The molecule has 38 heavy (non-hydrogen) atoms. The molecule has 214 valence electrons. The Morgan fingerprint density at radius 1 is 0.684 bits per heavy atom. The van der Waals surface area contributed by atoms with Crippen LogP contribution in [0.15, 0.2) is 23.3 Å². The Morgan fingerprint density at radius 3 is 1.79 bits per heavy atom. The van der Waals surface area contributed by atoms with Gasteiger partial charge in [0.05, 0.1) is 0 Å². The topological polar surface area (TPSA) is 141 Å². The van der Waals surface area contributed by atoms with Gasteiger partial charge in [0, 0.05) is 40.4 Å². The standard InChI is InChI=1S/C26H38O11S/c1-15(11-12-32-17(3)27)9-8-10-16(2)14-38-26-25(36-21(7)31)24(35-20(6)30)23(34-19(5)29)22(37-26)13-33-18(4)28/h10-11,22-26H,8-9,12-14H2,1-7H3. The van der Waals surface area contributed by atoms with E-state index in [0.717, 1.165) is 24.0 Å². The lowest BCUT2D eigenvalue weighted by molar-refractivity contribution is -0.237. The first-order valence-electron chi connectivity index (χ1n) is 12.2. The normalized spacial score (nSPS) is 23.7. The lowest BCUT2D eigenvalue weighted by atomic mass is 9.99. The quantitative estimate of drug-likeness (QED) is 0.186. The lowest BCUT2D eigenvalue weighted by Gasteiger charge is -2.44. The van der Waals surface area contributed by atoms with E-state index < -0.39 is 53.7 Å². The van der Waals surface area contributed by atoms with Crippen LogP contribution in [0, 0.1) is 0 Å². The van der Waals surface area contributed by atoms with Crippen LogP contribution in [0.2, 0.25) is 0 Å². The molecule has 1 heterocycles. The molecule has 1 saturated heterocycles. The van der Waals surface area contributed by atoms with Gasteiger partial charge in [-0.1, -0.05) is 17.2 Å². The van der Waals surface area contributed by atoms with Crippen LogP contribution >= 0.6 is 11.8 Å². The highest BCUT2D eigenvalue weighted by molar-refractivity contribution is 8.00. The van der Waals surface area contributed by atoms with Crippen molar-refractivity contribution in [1.29, 1.82) is 0 Å². The Hall–Kier alpha value is -2.86. The highest BCUT2D eigenvalue weighted by Crippen LogP contribution is 2.35. The first-order chi connectivity index (χ1) is 17.8. The number of ether oxygens (including phenoxy) is 6. The number of hydrogen-bond donors (Lipinski definition) is 0. The van der Waals surface area contributed by atoms with Crippen LogP contribution in [0.1, 0.15) is 61.3 Å². The molecule has 0 amide bonds. The summed E-state index contributed by atoms with van der Waals surface area (Å²) in [6.45, 7) is 10.0. The number of carbonyl (C=O) groups is 5. The largest absolute Gasteiger partial charge is 0.463 e. The summed E-state index contributed by atoms with van der Waals surface area (Å²) in [6, 6.07) is 0. The molecule has 0 bridgehead atoms. The maximum atomic E-state index is 11.9. The zero-order valence-corrected chi connectivity index (χ0v) is 23.8. The molecule has 0 aromatic heterocycles. The number of thioether (sulfide) groups is 1. The second-order valence-electron chi connectivity index (χ2n) is 8.82. The van der Waals surface area contributed by atoms with E-state index in [4.69, 9.17) is 28.4 Å². The van der Waals surface area contributed by atoms with Crippen LogP contribution in [-0.2, 0) is 52.4 Å². The molecule has 5 atom stereocenters. The van der Waals surface area contributed by atoms with Gasteiger partial charge in [-0.25, -0.2) is 0 Å². The maximum absolute atomic E-state index is 11.9.